The molecule has 0 aromatic heterocycles. The topological polar surface area (TPSA) is 105 Å². The second-order valence-electron chi connectivity index (χ2n) is 5.69. The predicted octanol–water partition coefficient (Wildman–Crippen LogP) is 2.19. The average molecular weight is 293 g/mol. The largest absolute Gasteiger partial charge is 0.394 e. The van der Waals surface area contributed by atoms with Gasteiger partial charge in [-0.3, -0.25) is 10.1 Å². The number of carbonyl (C=O) groups is 1. The molecule has 1 saturated carbocycles. The number of nitrogens with zero attached hydrogens (tertiary/aromatic N) is 1. The van der Waals surface area contributed by atoms with Crippen LogP contribution in [0.15, 0.2) is 18.2 Å². The molecule has 0 aliphatic heterocycles. The average Bonchev–Trinajstić information content (AvgIpc) is 3.25. The molecule has 1 fully saturated rings. The molecule has 2 amide bonds. The van der Waals surface area contributed by atoms with E-state index in [2.05, 4.69) is 10.6 Å². The lowest BCUT2D eigenvalue weighted by Crippen LogP contribution is -2.52. The number of hydrogen-bond donors (Lipinski definition) is 3. The van der Waals surface area contributed by atoms with E-state index in [9.17, 15) is 20.0 Å². The molecule has 0 heterocycles. The maximum Gasteiger partial charge on any atom is 0.319 e. The monoisotopic (exact) mass is 293 g/mol. The van der Waals surface area contributed by atoms with Gasteiger partial charge in [0.15, 0.2) is 0 Å². The molecule has 21 heavy (non-hydrogen) atoms. The molecule has 3 N–H and O–H groups in total. The number of hydrogen-bond acceptors (Lipinski definition) is 4. The lowest BCUT2D eigenvalue weighted by Gasteiger charge is -2.28. The molecule has 2 rings (SSSR count). The normalized spacial score (nSPS) is 16.9. The van der Waals surface area contributed by atoms with Gasteiger partial charge in [-0.25, -0.2) is 4.79 Å². The van der Waals surface area contributed by atoms with E-state index in [0.29, 0.717) is 5.69 Å². The van der Waals surface area contributed by atoms with Crippen LogP contribution in [0.4, 0.5) is 16.2 Å². The molecule has 0 spiro atoms. The Morgan fingerprint density at radius 2 is 2.19 bits per heavy atom. The van der Waals surface area contributed by atoms with Gasteiger partial charge in [-0.2, -0.15) is 0 Å². The van der Waals surface area contributed by atoms with Crippen LogP contribution < -0.4 is 10.6 Å². The van der Waals surface area contributed by atoms with Crippen LogP contribution in [-0.2, 0) is 0 Å². The van der Waals surface area contributed by atoms with Crippen LogP contribution in [0.1, 0.15) is 25.3 Å². The number of amides is 2. The highest BCUT2D eigenvalue weighted by Crippen LogP contribution is 2.39. The van der Waals surface area contributed by atoms with Crippen molar-refractivity contribution >= 4 is 17.4 Å². The number of anilines is 1. The van der Waals surface area contributed by atoms with Crippen LogP contribution in [0.2, 0.25) is 0 Å². The Bertz CT molecular complexity index is 571. The Hall–Kier alpha value is -2.15. The highest BCUT2D eigenvalue weighted by molar-refractivity contribution is 5.91. The van der Waals surface area contributed by atoms with E-state index in [0.717, 1.165) is 18.4 Å². The van der Waals surface area contributed by atoms with E-state index in [1.165, 1.54) is 12.1 Å². The summed E-state index contributed by atoms with van der Waals surface area (Å²) >= 11 is 0. The molecule has 1 aliphatic rings. The van der Waals surface area contributed by atoms with Gasteiger partial charge in [-0.1, -0.05) is 6.07 Å². The lowest BCUT2D eigenvalue weighted by molar-refractivity contribution is -0.384. The number of nitro groups is 1. The molecule has 1 atom stereocenters. The second-order valence-corrected chi connectivity index (χ2v) is 5.69. The minimum atomic E-state index is -0.654. The van der Waals surface area contributed by atoms with E-state index < -0.39 is 16.5 Å². The van der Waals surface area contributed by atoms with E-state index in [1.807, 2.05) is 0 Å². The summed E-state index contributed by atoms with van der Waals surface area (Å²) in [6.07, 6.45) is 1.96. The fourth-order valence-corrected chi connectivity index (χ4v) is 2.26. The van der Waals surface area contributed by atoms with Crippen molar-refractivity contribution in [1.82, 2.24) is 5.32 Å². The third-order valence-electron chi connectivity index (χ3n) is 3.89. The summed E-state index contributed by atoms with van der Waals surface area (Å²) < 4.78 is 0. The molecular weight excluding hydrogens is 274 g/mol. The molecule has 0 bridgehead atoms. The first-order chi connectivity index (χ1) is 9.85. The number of aliphatic hydroxyl groups excluding tert-OH is 1. The fourth-order valence-electron chi connectivity index (χ4n) is 2.26. The summed E-state index contributed by atoms with van der Waals surface area (Å²) in [5.41, 5.74) is 0.382. The third-order valence-corrected chi connectivity index (χ3v) is 3.89. The van der Waals surface area contributed by atoms with Crippen LogP contribution in [-0.4, -0.2) is 28.2 Å². The van der Waals surface area contributed by atoms with Gasteiger partial charge >= 0.3 is 6.03 Å². The van der Waals surface area contributed by atoms with Crippen molar-refractivity contribution < 1.29 is 14.8 Å². The second kappa shape index (κ2) is 5.69. The Labute approximate surface area is 122 Å². The number of carbonyl (C=O) groups excluding carboxylic acids is 1. The van der Waals surface area contributed by atoms with Gasteiger partial charge in [0.2, 0.25) is 0 Å². The molecule has 1 aromatic rings. The standard InChI is InChI=1S/C14H19N3O4/c1-9-3-6-11(17(20)21)7-12(9)15-13(19)16-14(2,8-18)10-4-5-10/h3,6-7,10,18H,4-5,8H2,1-2H3,(H2,15,16,19). The first kappa shape index (κ1) is 15.2. The summed E-state index contributed by atoms with van der Waals surface area (Å²) in [7, 11) is 0. The van der Waals surface area contributed by atoms with Crippen LogP contribution in [0.3, 0.4) is 0 Å². The van der Waals surface area contributed by atoms with Gasteiger partial charge in [-0.05, 0) is 38.2 Å². The van der Waals surface area contributed by atoms with Crippen molar-refractivity contribution in [2.75, 3.05) is 11.9 Å². The van der Waals surface area contributed by atoms with Crippen molar-refractivity contribution in [1.29, 1.82) is 0 Å². The summed E-state index contributed by atoms with van der Waals surface area (Å²) in [6.45, 7) is 3.41. The quantitative estimate of drug-likeness (QED) is 0.571. The summed E-state index contributed by atoms with van der Waals surface area (Å²) in [5.74, 6) is 0.277. The van der Waals surface area contributed by atoms with Gasteiger partial charge in [-0.15, -0.1) is 0 Å². The number of nitrogens with one attached hydrogen (secondary N) is 2. The maximum absolute atomic E-state index is 12.0. The van der Waals surface area contributed by atoms with Gasteiger partial charge in [0.25, 0.3) is 5.69 Å². The highest BCUT2D eigenvalue weighted by atomic mass is 16.6. The molecule has 0 saturated heterocycles. The SMILES string of the molecule is Cc1ccc([N+](=O)[O-])cc1NC(=O)NC(C)(CO)C1CC1. The maximum atomic E-state index is 12.0. The van der Waals surface area contributed by atoms with Crippen molar-refractivity contribution in [3.05, 3.63) is 33.9 Å². The first-order valence-corrected chi connectivity index (χ1v) is 6.81. The smallest absolute Gasteiger partial charge is 0.319 e. The molecule has 1 unspecified atom stereocenters. The van der Waals surface area contributed by atoms with Crippen LogP contribution in [0.5, 0.6) is 0 Å². The number of non-ortho nitro benzene ring substituents is 1. The molecule has 114 valence electrons. The summed E-state index contributed by atoms with van der Waals surface area (Å²) in [5, 5.41) is 25.6. The Kier molecular flexibility index (Phi) is 4.13. The zero-order valence-corrected chi connectivity index (χ0v) is 12.0. The number of aryl methyl sites for hydroxylation is 1. The number of rotatable bonds is 5. The summed E-state index contributed by atoms with van der Waals surface area (Å²) in [4.78, 5) is 22.3. The highest BCUT2D eigenvalue weighted by Gasteiger charge is 2.42. The lowest BCUT2D eigenvalue weighted by atomic mass is 9.97. The van der Waals surface area contributed by atoms with Gasteiger partial charge in [0.05, 0.1) is 22.8 Å². The number of aliphatic hydroxyl groups is 1. The van der Waals surface area contributed by atoms with E-state index in [-0.39, 0.29) is 18.2 Å². The Morgan fingerprint density at radius 1 is 1.52 bits per heavy atom. The van der Waals surface area contributed by atoms with Crippen LogP contribution in [0.25, 0.3) is 0 Å². The Morgan fingerprint density at radius 3 is 2.71 bits per heavy atom. The molecule has 1 aliphatic carbocycles. The van der Waals surface area contributed by atoms with Crippen molar-refractivity contribution in [2.24, 2.45) is 5.92 Å². The Balaban J connectivity index is 2.08. The van der Waals surface area contributed by atoms with Gasteiger partial charge in [0, 0.05) is 12.1 Å². The van der Waals surface area contributed by atoms with Crippen molar-refractivity contribution in [3.63, 3.8) is 0 Å². The minimum absolute atomic E-state index is 0.0805. The molecule has 1 aromatic carbocycles. The van der Waals surface area contributed by atoms with Crippen LogP contribution >= 0.6 is 0 Å². The van der Waals surface area contributed by atoms with Crippen molar-refractivity contribution in [3.8, 4) is 0 Å². The molecule has 7 nitrogen and oxygen atoms in total. The summed E-state index contributed by atoms with van der Waals surface area (Å²) in [6, 6.07) is 3.82. The minimum Gasteiger partial charge on any atom is -0.394 e. The van der Waals surface area contributed by atoms with E-state index in [4.69, 9.17) is 0 Å². The zero-order valence-electron chi connectivity index (χ0n) is 12.0. The van der Waals surface area contributed by atoms with Crippen molar-refractivity contribution in [2.45, 2.75) is 32.2 Å². The fraction of sp³-hybridized carbons (Fsp3) is 0.500. The number of benzene rings is 1. The zero-order chi connectivity index (χ0) is 15.6. The molecule has 7 heteroatoms. The molecule has 0 radical (unpaired) electrons. The van der Waals surface area contributed by atoms with E-state index in [1.54, 1.807) is 19.9 Å². The predicted molar refractivity (Wildman–Crippen MR) is 78.2 cm³/mol. The van der Waals surface area contributed by atoms with E-state index >= 15 is 0 Å². The third kappa shape index (κ3) is 3.49. The molecular formula is C14H19N3O4. The first-order valence-electron chi connectivity index (χ1n) is 6.81. The number of urea groups is 1. The number of nitro benzene ring substituents is 1. The van der Waals surface area contributed by atoms with Crippen LogP contribution in [0, 0.1) is 23.0 Å². The van der Waals surface area contributed by atoms with Gasteiger partial charge < -0.3 is 15.7 Å². The van der Waals surface area contributed by atoms with Gasteiger partial charge in [0.1, 0.15) is 0 Å².